The molecule has 4 aromatic rings. The molecule has 5 rings (SSSR count). The van der Waals surface area contributed by atoms with Crippen LogP contribution in [0.15, 0.2) is 58.5 Å². The Hall–Kier alpha value is -4.52. The number of benzene rings is 1. The average molecular weight is 639 g/mol. The van der Waals surface area contributed by atoms with E-state index in [0.717, 1.165) is 21.1 Å². The second kappa shape index (κ2) is 13.0. The molecule has 228 valence electrons. The number of anilines is 1. The molecule has 2 amide bonds. The molecular weight excluding hydrogens is 609 g/mol. The fourth-order valence-electron chi connectivity index (χ4n) is 4.94. The van der Waals surface area contributed by atoms with Crippen LogP contribution in [0.5, 0.6) is 5.88 Å². The molecule has 1 atom stereocenters. The molecule has 1 aliphatic heterocycles. The highest BCUT2D eigenvalue weighted by Crippen LogP contribution is 2.40. The Balaban J connectivity index is 1.40. The van der Waals surface area contributed by atoms with Crippen molar-refractivity contribution in [2.75, 3.05) is 19.0 Å². The first-order valence-corrected chi connectivity index (χ1v) is 14.4. The molecule has 0 spiro atoms. The molecule has 0 saturated carbocycles. The average Bonchev–Trinajstić information content (AvgIpc) is 3.44. The highest BCUT2D eigenvalue weighted by atomic mass is 35.5. The van der Waals surface area contributed by atoms with Crippen molar-refractivity contribution in [2.24, 2.45) is 14.1 Å². The third-order valence-electron chi connectivity index (χ3n) is 7.31. The number of aromatic nitrogens is 4. The van der Waals surface area contributed by atoms with Gasteiger partial charge in [-0.15, -0.1) is 0 Å². The van der Waals surface area contributed by atoms with E-state index < -0.39 is 17.2 Å². The topological polar surface area (TPSA) is 149 Å². The number of ether oxygens (including phenoxy) is 1. The van der Waals surface area contributed by atoms with Crippen LogP contribution in [0.25, 0.3) is 22.4 Å². The molecular formula is C30H29Cl2N7O5. The van der Waals surface area contributed by atoms with Crippen LogP contribution in [0, 0.1) is 0 Å². The van der Waals surface area contributed by atoms with Crippen LogP contribution in [0.1, 0.15) is 28.8 Å². The fraction of sp³-hybridized carbons (Fsp3) is 0.267. The predicted octanol–water partition coefficient (Wildman–Crippen LogP) is 3.14. The summed E-state index contributed by atoms with van der Waals surface area (Å²) in [6.45, 7) is 1.13. The van der Waals surface area contributed by atoms with E-state index in [1.165, 1.54) is 27.4 Å². The second-order valence-corrected chi connectivity index (χ2v) is 11.0. The van der Waals surface area contributed by atoms with Gasteiger partial charge in [0.2, 0.25) is 11.8 Å². The van der Waals surface area contributed by atoms with E-state index in [4.69, 9.17) is 27.9 Å². The number of rotatable bonds is 9. The minimum atomic E-state index is -0.732. The van der Waals surface area contributed by atoms with Crippen LogP contribution in [-0.4, -0.2) is 50.6 Å². The monoisotopic (exact) mass is 637 g/mol. The normalized spacial score (nSPS) is 14.4. The molecule has 4 heterocycles. The zero-order chi connectivity index (χ0) is 31.5. The summed E-state index contributed by atoms with van der Waals surface area (Å²) < 4.78 is 7.55. The summed E-state index contributed by atoms with van der Waals surface area (Å²) in [6, 6.07) is 8.80. The molecule has 1 fully saturated rings. The maximum Gasteiger partial charge on any atom is 0.330 e. The number of methoxy groups -OCH3 is 1. The van der Waals surface area contributed by atoms with E-state index >= 15 is 0 Å². The predicted molar refractivity (Wildman–Crippen MR) is 167 cm³/mol. The molecule has 1 saturated heterocycles. The van der Waals surface area contributed by atoms with Crippen LogP contribution >= 0.6 is 23.2 Å². The summed E-state index contributed by atoms with van der Waals surface area (Å²) in [5.74, 6) is -0.240. The van der Waals surface area contributed by atoms with Crippen LogP contribution in [0.2, 0.25) is 10.0 Å². The Morgan fingerprint density at radius 2 is 1.84 bits per heavy atom. The first-order chi connectivity index (χ1) is 21.1. The van der Waals surface area contributed by atoms with Gasteiger partial charge in [-0.05, 0) is 18.6 Å². The van der Waals surface area contributed by atoms with Crippen molar-refractivity contribution in [3.63, 3.8) is 0 Å². The molecule has 0 radical (unpaired) electrons. The lowest BCUT2D eigenvalue weighted by molar-refractivity contribution is -0.119. The number of carbonyl (C=O) groups excluding carboxylic acids is 2. The summed E-state index contributed by atoms with van der Waals surface area (Å²) in [5, 5.41) is 9.43. The van der Waals surface area contributed by atoms with Gasteiger partial charge in [-0.25, -0.2) is 9.78 Å². The Labute approximate surface area is 262 Å². The number of halogens is 2. The van der Waals surface area contributed by atoms with Crippen molar-refractivity contribution in [1.82, 2.24) is 29.7 Å². The van der Waals surface area contributed by atoms with Gasteiger partial charge in [0.05, 0.1) is 28.5 Å². The Morgan fingerprint density at radius 3 is 2.57 bits per heavy atom. The van der Waals surface area contributed by atoms with Crippen LogP contribution in [0.3, 0.4) is 0 Å². The van der Waals surface area contributed by atoms with E-state index in [2.05, 4.69) is 25.9 Å². The molecule has 3 aromatic heterocycles. The number of hydrogen-bond donors (Lipinski definition) is 3. The largest absolute Gasteiger partial charge is 0.481 e. The highest BCUT2D eigenvalue weighted by molar-refractivity contribution is 6.39. The van der Waals surface area contributed by atoms with Gasteiger partial charge < -0.3 is 25.3 Å². The lowest BCUT2D eigenvalue weighted by Gasteiger charge is -2.15. The molecule has 44 heavy (non-hydrogen) atoms. The summed E-state index contributed by atoms with van der Waals surface area (Å²) in [4.78, 5) is 58.0. The number of nitrogens with one attached hydrogen (secondary N) is 3. The molecule has 14 heteroatoms. The van der Waals surface area contributed by atoms with Gasteiger partial charge in [0.15, 0.2) is 0 Å². The minimum Gasteiger partial charge on any atom is -0.481 e. The SMILES string of the molecule is COc1nc(-c2cncc(-c3cccc(NC(=O)c4cn(C)c(=O)n(C)c4=O)c3Cl)c2Cl)ccc1CNCC1CCC(=O)N1. The molecule has 1 aliphatic rings. The summed E-state index contributed by atoms with van der Waals surface area (Å²) in [7, 11) is 4.28. The maximum absolute atomic E-state index is 13.0. The fourth-order valence-corrected chi connectivity index (χ4v) is 5.51. The minimum absolute atomic E-state index is 0.0688. The van der Waals surface area contributed by atoms with Crippen LogP contribution in [-0.2, 0) is 25.4 Å². The molecule has 0 bridgehead atoms. The van der Waals surface area contributed by atoms with E-state index in [1.54, 1.807) is 30.6 Å². The summed E-state index contributed by atoms with van der Waals surface area (Å²) in [6.07, 6.45) is 5.67. The number of pyridine rings is 2. The van der Waals surface area contributed by atoms with Gasteiger partial charge in [-0.1, -0.05) is 41.4 Å². The smallest absolute Gasteiger partial charge is 0.330 e. The van der Waals surface area contributed by atoms with Crippen molar-refractivity contribution in [2.45, 2.75) is 25.4 Å². The number of aryl methyl sites for hydroxylation is 1. The van der Waals surface area contributed by atoms with Crippen molar-refractivity contribution < 1.29 is 14.3 Å². The second-order valence-electron chi connectivity index (χ2n) is 10.3. The van der Waals surface area contributed by atoms with Gasteiger partial charge in [0.25, 0.3) is 11.5 Å². The van der Waals surface area contributed by atoms with E-state index in [-0.39, 0.29) is 28.2 Å². The molecule has 1 unspecified atom stereocenters. The molecule has 3 N–H and O–H groups in total. The van der Waals surface area contributed by atoms with E-state index in [1.807, 2.05) is 12.1 Å². The van der Waals surface area contributed by atoms with Gasteiger partial charge in [0.1, 0.15) is 5.56 Å². The van der Waals surface area contributed by atoms with E-state index in [9.17, 15) is 19.2 Å². The number of nitrogens with zero attached hydrogens (tertiary/aromatic N) is 4. The molecule has 12 nitrogen and oxygen atoms in total. The van der Waals surface area contributed by atoms with Crippen LogP contribution < -0.4 is 31.9 Å². The van der Waals surface area contributed by atoms with Gasteiger partial charge in [-0.2, -0.15) is 0 Å². The van der Waals surface area contributed by atoms with Gasteiger partial charge >= 0.3 is 5.69 Å². The highest BCUT2D eigenvalue weighted by Gasteiger charge is 2.22. The summed E-state index contributed by atoms with van der Waals surface area (Å²) in [5.41, 5.74) is 1.61. The Morgan fingerprint density at radius 1 is 1.07 bits per heavy atom. The van der Waals surface area contributed by atoms with Gasteiger partial charge in [0, 0.05) is 80.5 Å². The first kappa shape index (κ1) is 30.9. The third-order valence-corrected chi connectivity index (χ3v) is 8.12. The number of hydrogen-bond acceptors (Lipinski definition) is 8. The molecule has 1 aromatic carbocycles. The quantitative estimate of drug-likeness (QED) is 0.253. The van der Waals surface area contributed by atoms with Gasteiger partial charge in [-0.3, -0.25) is 23.9 Å². The zero-order valence-electron chi connectivity index (χ0n) is 24.1. The first-order valence-electron chi connectivity index (χ1n) is 13.6. The maximum atomic E-state index is 13.0. The lowest BCUT2D eigenvalue weighted by Crippen LogP contribution is -2.40. The number of carbonyl (C=O) groups is 2. The Kier molecular flexibility index (Phi) is 9.14. The Bertz CT molecular complexity index is 1890. The van der Waals surface area contributed by atoms with Crippen LogP contribution in [0.4, 0.5) is 5.69 Å². The standard InChI is InChI=1S/C30H29Cl2N7O5/c1-38-15-21(29(42)39(2)30(38)43)27(41)36-23-6-4-5-18(26(23)32)19-13-34-14-20(25(19)31)22-9-7-16(28(37-22)44-3)11-33-12-17-8-10-24(40)35-17/h4-7,9,13-15,17,33H,8,10-12H2,1-3H3,(H,35,40)(H,36,41). The van der Waals surface area contributed by atoms with Crippen molar-refractivity contribution in [3.05, 3.63) is 90.9 Å². The zero-order valence-corrected chi connectivity index (χ0v) is 25.6. The lowest BCUT2D eigenvalue weighted by atomic mass is 10.0. The summed E-state index contributed by atoms with van der Waals surface area (Å²) >= 11 is 13.6. The van der Waals surface area contributed by atoms with Crippen molar-refractivity contribution in [1.29, 1.82) is 0 Å². The van der Waals surface area contributed by atoms with Crippen molar-refractivity contribution >= 4 is 40.7 Å². The third kappa shape index (κ3) is 6.23. The molecule has 0 aliphatic carbocycles. The number of amides is 2. The van der Waals surface area contributed by atoms with E-state index in [0.29, 0.717) is 52.8 Å². The van der Waals surface area contributed by atoms with Crippen molar-refractivity contribution in [3.8, 4) is 28.3 Å².